The van der Waals surface area contributed by atoms with Crippen molar-refractivity contribution < 1.29 is 23.6 Å². The molecule has 0 radical (unpaired) electrons. The number of para-hydroxylation sites is 1. The maximum atomic E-state index is 13.9. The first kappa shape index (κ1) is 18.4. The van der Waals surface area contributed by atoms with E-state index in [2.05, 4.69) is 10.1 Å². The van der Waals surface area contributed by atoms with Crippen molar-refractivity contribution in [3.8, 4) is 5.75 Å². The number of ether oxygens (including phenoxy) is 2. The third kappa shape index (κ3) is 4.05. The van der Waals surface area contributed by atoms with Crippen LogP contribution in [0.3, 0.4) is 0 Å². The van der Waals surface area contributed by atoms with Gasteiger partial charge in [0.1, 0.15) is 5.69 Å². The van der Waals surface area contributed by atoms with Crippen molar-refractivity contribution in [3.05, 3.63) is 69.5 Å². The van der Waals surface area contributed by atoms with Gasteiger partial charge in [0.05, 0.1) is 24.7 Å². The molecule has 0 bridgehead atoms. The molecule has 2 aromatic rings. The first-order valence-corrected chi connectivity index (χ1v) is 8.22. The van der Waals surface area contributed by atoms with Gasteiger partial charge in [0.2, 0.25) is 0 Å². The quantitative estimate of drug-likeness (QED) is 0.371. The third-order valence-corrected chi connectivity index (χ3v) is 4.19. The Morgan fingerprint density at radius 2 is 2.22 bits per heavy atom. The molecule has 0 saturated carbocycles. The number of carbonyl (C=O) groups is 1. The van der Waals surface area contributed by atoms with Gasteiger partial charge >= 0.3 is 5.97 Å². The van der Waals surface area contributed by atoms with Crippen molar-refractivity contribution in [2.45, 2.75) is 12.5 Å². The van der Waals surface area contributed by atoms with Crippen LogP contribution in [0, 0.1) is 15.9 Å². The monoisotopic (exact) mass is 372 g/mol. The summed E-state index contributed by atoms with van der Waals surface area (Å²) in [7, 11) is 1.25. The van der Waals surface area contributed by atoms with Gasteiger partial charge < -0.3 is 14.8 Å². The summed E-state index contributed by atoms with van der Waals surface area (Å²) < 4.78 is 23.8. The van der Waals surface area contributed by atoms with Gasteiger partial charge in [0, 0.05) is 24.1 Å². The molecule has 1 atom stereocenters. The minimum atomic E-state index is -0.555. The molecule has 0 spiro atoms. The standard InChI is InChI=1S/C19H17FN2O5/c1-26-18(23)8-6-12-5-7-16(17(11-12)22(24)25)21-15-9-10-27-19-13(15)3-2-4-14(19)20/h2-8,11,15,21H,9-10H2,1H3/b8-6+/t15-/m0/s1. The van der Waals surface area contributed by atoms with Crippen LogP contribution in [0.1, 0.15) is 23.6 Å². The van der Waals surface area contributed by atoms with Crippen LogP contribution in [0.2, 0.25) is 0 Å². The Labute approximate surface area is 154 Å². The molecule has 1 heterocycles. The van der Waals surface area contributed by atoms with Crippen LogP contribution in [-0.2, 0) is 9.53 Å². The molecule has 1 aliphatic heterocycles. The minimum Gasteiger partial charge on any atom is -0.490 e. The van der Waals surface area contributed by atoms with Crippen LogP contribution in [0.25, 0.3) is 6.08 Å². The number of fused-ring (bicyclic) bond motifs is 1. The van der Waals surface area contributed by atoms with Crippen LogP contribution < -0.4 is 10.1 Å². The average molecular weight is 372 g/mol. The number of nitrogens with one attached hydrogen (secondary N) is 1. The molecule has 0 unspecified atom stereocenters. The number of hydrogen-bond acceptors (Lipinski definition) is 6. The van der Waals surface area contributed by atoms with Gasteiger partial charge in [-0.1, -0.05) is 18.2 Å². The van der Waals surface area contributed by atoms with E-state index in [1.54, 1.807) is 24.3 Å². The fourth-order valence-electron chi connectivity index (χ4n) is 2.88. The molecule has 27 heavy (non-hydrogen) atoms. The summed E-state index contributed by atoms with van der Waals surface area (Å²) in [6.45, 7) is 0.305. The van der Waals surface area contributed by atoms with Crippen molar-refractivity contribution in [2.75, 3.05) is 19.0 Å². The maximum Gasteiger partial charge on any atom is 0.330 e. The van der Waals surface area contributed by atoms with E-state index in [0.29, 0.717) is 29.8 Å². The average Bonchev–Trinajstić information content (AvgIpc) is 2.67. The van der Waals surface area contributed by atoms with Crippen LogP contribution >= 0.6 is 0 Å². The van der Waals surface area contributed by atoms with E-state index in [4.69, 9.17) is 4.74 Å². The van der Waals surface area contributed by atoms with Gasteiger partial charge in [-0.05, 0) is 23.8 Å². The smallest absolute Gasteiger partial charge is 0.330 e. The van der Waals surface area contributed by atoms with Crippen LogP contribution in [0.5, 0.6) is 5.75 Å². The molecule has 0 aromatic heterocycles. The number of benzene rings is 2. The molecule has 1 N–H and O–H groups in total. The lowest BCUT2D eigenvalue weighted by Gasteiger charge is -2.27. The van der Waals surface area contributed by atoms with E-state index in [1.807, 2.05) is 0 Å². The molecule has 0 saturated heterocycles. The molecule has 8 heteroatoms. The predicted octanol–water partition coefficient (Wildman–Crippen LogP) is 3.86. The van der Waals surface area contributed by atoms with E-state index >= 15 is 0 Å². The zero-order chi connectivity index (χ0) is 19.4. The highest BCUT2D eigenvalue weighted by atomic mass is 19.1. The van der Waals surface area contributed by atoms with Crippen molar-refractivity contribution in [2.24, 2.45) is 0 Å². The molecule has 2 aromatic carbocycles. The number of esters is 1. The Morgan fingerprint density at radius 3 is 2.96 bits per heavy atom. The summed E-state index contributed by atoms with van der Waals surface area (Å²) in [6.07, 6.45) is 3.16. The summed E-state index contributed by atoms with van der Waals surface area (Å²) in [6, 6.07) is 8.85. The third-order valence-electron chi connectivity index (χ3n) is 4.19. The fourth-order valence-corrected chi connectivity index (χ4v) is 2.88. The maximum absolute atomic E-state index is 13.9. The molecule has 3 rings (SSSR count). The summed E-state index contributed by atoms with van der Waals surface area (Å²) in [5, 5.41) is 14.6. The summed E-state index contributed by atoms with van der Waals surface area (Å²) in [4.78, 5) is 22.1. The Balaban J connectivity index is 1.90. The molecule has 7 nitrogen and oxygen atoms in total. The number of methoxy groups -OCH3 is 1. The van der Waals surface area contributed by atoms with Gasteiger partial charge in [0.15, 0.2) is 11.6 Å². The molecule has 0 amide bonds. The number of carbonyl (C=O) groups excluding carboxylic acids is 1. The highest BCUT2D eigenvalue weighted by molar-refractivity contribution is 5.87. The van der Waals surface area contributed by atoms with Crippen molar-refractivity contribution in [1.29, 1.82) is 0 Å². The topological polar surface area (TPSA) is 90.7 Å². The van der Waals surface area contributed by atoms with Crippen molar-refractivity contribution in [1.82, 2.24) is 0 Å². The number of rotatable bonds is 5. The van der Waals surface area contributed by atoms with Gasteiger partial charge in [-0.25, -0.2) is 9.18 Å². The van der Waals surface area contributed by atoms with Gasteiger partial charge in [0.25, 0.3) is 5.69 Å². The Hall–Kier alpha value is -3.42. The second-order valence-corrected chi connectivity index (χ2v) is 5.88. The number of halogens is 1. The Kier molecular flexibility index (Phi) is 5.35. The lowest BCUT2D eigenvalue weighted by molar-refractivity contribution is -0.384. The first-order valence-electron chi connectivity index (χ1n) is 8.22. The first-order chi connectivity index (χ1) is 13.0. The SMILES string of the molecule is COC(=O)/C=C/c1ccc(N[C@H]2CCOc3c(F)cccc32)c([N+](=O)[O-])c1. The summed E-state index contributed by atoms with van der Waals surface area (Å²) in [5.74, 6) is -0.848. The van der Waals surface area contributed by atoms with E-state index in [-0.39, 0.29) is 17.5 Å². The summed E-state index contributed by atoms with van der Waals surface area (Å²) in [5.41, 5.74) is 1.25. The largest absolute Gasteiger partial charge is 0.490 e. The van der Waals surface area contributed by atoms with Gasteiger partial charge in [-0.15, -0.1) is 0 Å². The van der Waals surface area contributed by atoms with E-state index in [1.165, 1.54) is 31.4 Å². The molecule has 0 aliphatic carbocycles. The van der Waals surface area contributed by atoms with Crippen LogP contribution in [0.4, 0.5) is 15.8 Å². The number of nitrogens with zero attached hydrogens (tertiary/aromatic N) is 1. The minimum absolute atomic E-state index is 0.147. The number of nitro groups is 1. The summed E-state index contributed by atoms with van der Waals surface area (Å²) >= 11 is 0. The zero-order valence-corrected chi connectivity index (χ0v) is 14.5. The predicted molar refractivity (Wildman–Crippen MR) is 97.0 cm³/mol. The zero-order valence-electron chi connectivity index (χ0n) is 14.5. The van der Waals surface area contributed by atoms with Gasteiger partial charge in [-0.3, -0.25) is 10.1 Å². The van der Waals surface area contributed by atoms with Crippen molar-refractivity contribution in [3.63, 3.8) is 0 Å². The lowest BCUT2D eigenvalue weighted by Crippen LogP contribution is -2.21. The van der Waals surface area contributed by atoms with Crippen LogP contribution in [0.15, 0.2) is 42.5 Å². The fraction of sp³-hybridized carbons (Fsp3) is 0.211. The second kappa shape index (κ2) is 7.86. The van der Waals surface area contributed by atoms with E-state index < -0.39 is 16.7 Å². The van der Waals surface area contributed by atoms with Crippen molar-refractivity contribution >= 4 is 23.4 Å². The molecular formula is C19H17FN2O5. The normalized spacial score (nSPS) is 15.7. The number of hydrogen-bond donors (Lipinski definition) is 1. The highest BCUT2D eigenvalue weighted by Gasteiger charge is 2.26. The molecular weight excluding hydrogens is 355 g/mol. The second-order valence-electron chi connectivity index (χ2n) is 5.88. The van der Waals surface area contributed by atoms with Crippen LogP contribution in [-0.4, -0.2) is 24.6 Å². The van der Waals surface area contributed by atoms with Gasteiger partial charge in [-0.2, -0.15) is 0 Å². The van der Waals surface area contributed by atoms with E-state index in [9.17, 15) is 19.3 Å². The highest BCUT2D eigenvalue weighted by Crippen LogP contribution is 2.38. The van der Waals surface area contributed by atoms with E-state index in [0.717, 1.165) is 0 Å². The Morgan fingerprint density at radius 1 is 1.41 bits per heavy atom. The molecule has 1 aliphatic rings. The molecule has 0 fully saturated rings. The Bertz CT molecular complexity index is 913. The lowest BCUT2D eigenvalue weighted by atomic mass is 9.99. The number of nitro benzene ring substituents is 1. The molecule has 140 valence electrons. The number of anilines is 1.